The first-order valence-corrected chi connectivity index (χ1v) is 4.66. The molecular formula is C12H12O3. The summed E-state index contributed by atoms with van der Waals surface area (Å²) in [4.78, 5) is 10.9. The second kappa shape index (κ2) is 5.71. The van der Waals surface area contributed by atoms with Gasteiger partial charge in [-0.1, -0.05) is 17.9 Å². The Bertz CT molecular complexity index is 399. The van der Waals surface area contributed by atoms with Crippen molar-refractivity contribution in [3.05, 3.63) is 29.8 Å². The third-order valence-electron chi connectivity index (χ3n) is 1.62. The molecule has 3 nitrogen and oxygen atoms in total. The fourth-order valence-electron chi connectivity index (χ4n) is 1.01. The molecule has 3 heteroatoms. The van der Waals surface area contributed by atoms with E-state index in [1.54, 1.807) is 25.1 Å². The van der Waals surface area contributed by atoms with E-state index in [2.05, 4.69) is 11.8 Å². The lowest BCUT2D eigenvalue weighted by Crippen LogP contribution is -2.01. The predicted octanol–water partition coefficient (Wildman–Crippen LogP) is 1.70. The van der Waals surface area contributed by atoms with E-state index in [1.807, 2.05) is 0 Å². The molecule has 15 heavy (non-hydrogen) atoms. The molecule has 0 aliphatic rings. The van der Waals surface area contributed by atoms with Gasteiger partial charge in [0.15, 0.2) is 0 Å². The maximum Gasteiger partial charge on any atom is 0.317 e. The molecule has 0 bridgehead atoms. The number of hydrogen-bond donors (Lipinski definition) is 1. The normalized spacial score (nSPS) is 8.87. The van der Waals surface area contributed by atoms with Crippen LogP contribution in [-0.2, 0) is 9.53 Å². The maximum absolute atomic E-state index is 10.9. The van der Waals surface area contributed by atoms with Gasteiger partial charge < -0.3 is 9.84 Å². The van der Waals surface area contributed by atoms with E-state index in [0.29, 0.717) is 12.2 Å². The molecule has 1 rings (SSSR count). The summed E-state index contributed by atoms with van der Waals surface area (Å²) in [5.41, 5.74) is 0.680. The number of aromatic hydroxyl groups is 1. The highest BCUT2D eigenvalue weighted by Gasteiger charge is 1.96. The molecule has 0 unspecified atom stereocenters. The Hall–Kier alpha value is -1.95. The Labute approximate surface area is 88.7 Å². The van der Waals surface area contributed by atoms with E-state index >= 15 is 0 Å². The average molecular weight is 204 g/mol. The van der Waals surface area contributed by atoms with Crippen molar-refractivity contribution in [2.45, 2.75) is 13.3 Å². The van der Waals surface area contributed by atoms with Gasteiger partial charge in [0.2, 0.25) is 0 Å². The summed E-state index contributed by atoms with van der Waals surface area (Å²) in [7, 11) is 0. The van der Waals surface area contributed by atoms with E-state index in [4.69, 9.17) is 9.84 Å². The van der Waals surface area contributed by atoms with E-state index in [0.717, 1.165) is 0 Å². The van der Waals surface area contributed by atoms with Crippen molar-refractivity contribution in [1.82, 2.24) is 0 Å². The van der Waals surface area contributed by atoms with Gasteiger partial charge in [-0.15, -0.1) is 0 Å². The third kappa shape index (κ3) is 4.19. The van der Waals surface area contributed by atoms with Crippen molar-refractivity contribution in [3.63, 3.8) is 0 Å². The van der Waals surface area contributed by atoms with Crippen LogP contribution in [-0.4, -0.2) is 17.7 Å². The summed E-state index contributed by atoms with van der Waals surface area (Å²) in [5.74, 6) is 5.28. The number of carbonyl (C=O) groups excluding carboxylic acids is 1. The molecule has 0 atom stereocenters. The van der Waals surface area contributed by atoms with Crippen LogP contribution in [0.2, 0.25) is 0 Å². The number of benzene rings is 1. The second-order valence-corrected chi connectivity index (χ2v) is 2.83. The second-order valence-electron chi connectivity index (χ2n) is 2.83. The summed E-state index contributed by atoms with van der Waals surface area (Å²) in [5, 5.41) is 9.15. The van der Waals surface area contributed by atoms with Gasteiger partial charge in [0.05, 0.1) is 6.61 Å². The van der Waals surface area contributed by atoms with Crippen LogP contribution >= 0.6 is 0 Å². The average Bonchev–Trinajstić information content (AvgIpc) is 2.18. The molecule has 78 valence electrons. The smallest absolute Gasteiger partial charge is 0.317 e. The molecule has 1 aromatic rings. The van der Waals surface area contributed by atoms with Crippen LogP contribution < -0.4 is 0 Å². The number of rotatable bonds is 2. The molecule has 1 aromatic carbocycles. The Morgan fingerprint density at radius 2 is 2.33 bits per heavy atom. The van der Waals surface area contributed by atoms with Crippen LogP contribution in [0, 0.1) is 11.8 Å². The summed E-state index contributed by atoms with van der Waals surface area (Å²) < 4.78 is 4.71. The molecule has 0 saturated carbocycles. The molecule has 0 amide bonds. The summed E-state index contributed by atoms with van der Waals surface area (Å²) >= 11 is 0. The van der Waals surface area contributed by atoms with Crippen molar-refractivity contribution in [1.29, 1.82) is 0 Å². The molecule has 0 heterocycles. The number of ether oxygens (including phenoxy) is 1. The van der Waals surface area contributed by atoms with Crippen molar-refractivity contribution in [3.8, 4) is 17.6 Å². The molecule has 0 radical (unpaired) electrons. The largest absolute Gasteiger partial charge is 0.508 e. The van der Waals surface area contributed by atoms with E-state index in [1.165, 1.54) is 6.07 Å². The number of esters is 1. The fraction of sp³-hybridized carbons (Fsp3) is 0.250. The first-order valence-electron chi connectivity index (χ1n) is 4.66. The van der Waals surface area contributed by atoms with Crippen molar-refractivity contribution >= 4 is 5.97 Å². The Morgan fingerprint density at radius 3 is 3.00 bits per heavy atom. The number of phenolic OH excluding ortho intramolecular Hbond substituents is 1. The highest BCUT2D eigenvalue weighted by atomic mass is 16.5. The Kier molecular flexibility index (Phi) is 4.24. The fourth-order valence-corrected chi connectivity index (χ4v) is 1.01. The predicted molar refractivity (Wildman–Crippen MR) is 56.2 cm³/mol. The van der Waals surface area contributed by atoms with Crippen molar-refractivity contribution in [2.24, 2.45) is 0 Å². The molecule has 0 fully saturated rings. The van der Waals surface area contributed by atoms with Crippen LogP contribution in [0.1, 0.15) is 18.9 Å². The highest BCUT2D eigenvalue weighted by molar-refractivity contribution is 5.72. The van der Waals surface area contributed by atoms with Crippen molar-refractivity contribution < 1.29 is 14.6 Å². The molecule has 0 aliphatic heterocycles. The topological polar surface area (TPSA) is 46.5 Å². The monoisotopic (exact) mass is 204 g/mol. The van der Waals surface area contributed by atoms with E-state index in [9.17, 15) is 4.79 Å². The molecule has 0 aromatic heterocycles. The van der Waals surface area contributed by atoms with Crippen LogP contribution in [0.15, 0.2) is 24.3 Å². The lowest BCUT2D eigenvalue weighted by Gasteiger charge is -1.95. The maximum atomic E-state index is 10.9. The van der Waals surface area contributed by atoms with E-state index < -0.39 is 0 Å². The van der Waals surface area contributed by atoms with Gasteiger partial charge in [0.1, 0.15) is 12.2 Å². The molecular weight excluding hydrogens is 192 g/mol. The van der Waals surface area contributed by atoms with Gasteiger partial charge in [-0.2, -0.15) is 0 Å². The van der Waals surface area contributed by atoms with Gasteiger partial charge in [0.25, 0.3) is 0 Å². The van der Waals surface area contributed by atoms with Crippen LogP contribution in [0.5, 0.6) is 5.75 Å². The first-order chi connectivity index (χ1) is 7.22. The number of carbonyl (C=O) groups is 1. The quantitative estimate of drug-likeness (QED) is 0.589. The lowest BCUT2D eigenvalue weighted by molar-refractivity contribution is -0.141. The zero-order valence-electron chi connectivity index (χ0n) is 8.49. The van der Waals surface area contributed by atoms with Gasteiger partial charge in [-0.3, -0.25) is 4.79 Å². The first kappa shape index (κ1) is 11.1. The molecule has 0 spiro atoms. The third-order valence-corrected chi connectivity index (χ3v) is 1.62. The van der Waals surface area contributed by atoms with Gasteiger partial charge in [-0.05, 0) is 25.1 Å². The summed E-state index contributed by atoms with van der Waals surface area (Å²) in [6, 6.07) is 6.57. The van der Waals surface area contributed by atoms with E-state index in [-0.39, 0.29) is 18.1 Å². The highest BCUT2D eigenvalue weighted by Crippen LogP contribution is 2.09. The Balaban J connectivity index is 2.55. The molecule has 0 aliphatic carbocycles. The zero-order valence-corrected chi connectivity index (χ0v) is 8.49. The Morgan fingerprint density at radius 1 is 1.53 bits per heavy atom. The molecule has 0 saturated heterocycles. The molecule has 1 N–H and O–H groups in total. The standard InChI is InChI=1S/C12H12O3/c1-2-15-12(14)8-4-6-10-5-3-7-11(13)9-10/h3,5,7,9,13H,2,8H2,1H3. The lowest BCUT2D eigenvalue weighted by atomic mass is 10.2. The number of phenols is 1. The van der Waals surface area contributed by atoms with Gasteiger partial charge in [-0.25, -0.2) is 0 Å². The summed E-state index contributed by atoms with van der Waals surface area (Å²) in [6.07, 6.45) is 0.0729. The minimum Gasteiger partial charge on any atom is -0.508 e. The van der Waals surface area contributed by atoms with Crippen LogP contribution in [0.25, 0.3) is 0 Å². The summed E-state index contributed by atoms with van der Waals surface area (Å²) in [6.45, 7) is 2.12. The number of hydrogen-bond acceptors (Lipinski definition) is 3. The van der Waals surface area contributed by atoms with Gasteiger partial charge in [0, 0.05) is 5.56 Å². The minimum atomic E-state index is -0.329. The van der Waals surface area contributed by atoms with Crippen LogP contribution in [0.3, 0.4) is 0 Å². The SMILES string of the molecule is CCOC(=O)CC#Cc1cccc(O)c1. The zero-order chi connectivity index (χ0) is 11.1. The van der Waals surface area contributed by atoms with Gasteiger partial charge >= 0.3 is 5.97 Å². The minimum absolute atomic E-state index is 0.0729. The van der Waals surface area contributed by atoms with Crippen molar-refractivity contribution in [2.75, 3.05) is 6.61 Å². The van der Waals surface area contributed by atoms with Crippen LogP contribution in [0.4, 0.5) is 0 Å².